The first-order valence-electron chi connectivity index (χ1n) is 7.62. The molecule has 1 aliphatic rings. The minimum Gasteiger partial charge on any atom is -0.369 e. The Bertz CT molecular complexity index is 716. The number of rotatable bonds is 2. The maximum atomic E-state index is 11.7. The highest BCUT2D eigenvalue weighted by molar-refractivity contribution is 6.32. The molecule has 0 saturated carbocycles. The smallest absolute Gasteiger partial charge is 0.261 e. The minimum atomic E-state index is -0.410. The molecule has 0 fully saturated rings. The van der Waals surface area contributed by atoms with Crippen LogP contribution in [0.15, 0.2) is 17.7 Å². The third kappa shape index (κ3) is 3.20. The number of carbonyl (C=O) groups excluding carboxylic acids is 1. The van der Waals surface area contributed by atoms with E-state index in [1.165, 1.54) is 12.6 Å². The van der Waals surface area contributed by atoms with Crippen LogP contribution in [-0.2, 0) is 4.79 Å². The standard InChI is InChI=1S/C18H22ClN3O/c1-11-9-18(2,3)22(5)16-8-15(19)12(7-14(11)16)6-13(10-20)17(23)21-4/h6-8,11H,9H2,1-5H3,(H,21,23)/b13-6-. The third-order valence-electron chi connectivity index (χ3n) is 4.64. The van der Waals surface area contributed by atoms with Crippen LogP contribution in [0.25, 0.3) is 6.08 Å². The summed E-state index contributed by atoms with van der Waals surface area (Å²) in [6.07, 6.45) is 2.58. The molecule has 1 aromatic rings. The van der Waals surface area contributed by atoms with Gasteiger partial charge in [0.25, 0.3) is 5.91 Å². The molecule has 1 N–H and O–H groups in total. The molecule has 0 bridgehead atoms. The first-order valence-corrected chi connectivity index (χ1v) is 8.00. The highest BCUT2D eigenvalue weighted by Crippen LogP contribution is 2.44. The molecule has 1 heterocycles. The zero-order valence-electron chi connectivity index (χ0n) is 14.2. The average Bonchev–Trinajstić information content (AvgIpc) is 2.50. The number of amides is 1. The molecule has 1 aromatic carbocycles. The lowest BCUT2D eigenvalue weighted by atomic mass is 9.80. The number of likely N-dealkylation sites (N-methyl/N-ethyl adjacent to an activating group) is 1. The largest absolute Gasteiger partial charge is 0.369 e. The first-order chi connectivity index (χ1) is 10.7. The Morgan fingerprint density at radius 2 is 2.17 bits per heavy atom. The fourth-order valence-corrected chi connectivity index (χ4v) is 3.37. The lowest BCUT2D eigenvalue weighted by molar-refractivity contribution is -0.116. The second-order valence-corrected chi connectivity index (χ2v) is 7.07. The summed E-state index contributed by atoms with van der Waals surface area (Å²) in [7, 11) is 3.57. The molecular formula is C18H22ClN3O. The summed E-state index contributed by atoms with van der Waals surface area (Å²) in [5.74, 6) is -0.0289. The molecule has 23 heavy (non-hydrogen) atoms. The Kier molecular flexibility index (Phi) is 4.72. The topological polar surface area (TPSA) is 56.1 Å². The molecule has 122 valence electrons. The predicted molar refractivity (Wildman–Crippen MR) is 94.6 cm³/mol. The van der Waals surface area contributed by atoms with Crippen LogP contribution in [-0.4, -0.2) is 25.5 Å². The Labute approximate surface area is 142 Å². The predicted octanol–water partition coefficient (Wildman–Crippen LogP) is 3.71. The molecule has 2 rings (SSSR count). The second-order valence-electron chi connectivity index (χ2n) is 6.66. The highest BCUT2D eigenvalue weighted by Gasteiger charge is 2.34. The van der Waals surface area contributed by atoms with Gasteiger partial charge < -0.3 is 10.2 Å². The van der Waals surface area contributed by atoms with Crippen LogP contribution < -0.4 is 10.2 Å². The number of nitriles is 1. The summed E-state index contributed by atoms with van der Waals surface area (Å²) in [5.41, 5.74) is 3.11. The van der Waals surface area contributed by atoms with E-state index in [1.54, 1.807) is 6.08 Å². The molecule has 0 saturated heterocycles. The summed E-state index contributed by atoms with van der Waals surface area (Å²) in [5, 5.41) is 12.2. The van der Waals surface area contributed by atoms with E-state index < -0.39 is 5.91 Å². The van der Waals surface area contributed by atoms with Gasteiger partial charge in [-0.1, -0.05) is 18.5 Å². The highest BCUT2D eigenvalue weighted by atomic mass is 35.5. The zero-order chi connectivity index (χ0) is 17.4. The molecule has 1 unspecified atom stereocenters. The fourth-order valence-electron chi connectivity index (χ4n) is 3.15. The number of halogens is 1. The summed E-state index contributed by atoms with van der Waals surface area (Å²) in [6, 6.07) is 5.85. The van der Waals surface area contributed by atoms with Gasteiger partial charge in [0, 0.05) is 30.3 Å². The lowest BCUT2D eigenvalue weighted by Crippen LogP contribution is -2.45. The van der Waals surface area contributed by atoms with E-state index >= 15 is 0 Å². The maximum absolute atomic E-state index is 11.7. The van der Waals surface area contributed by atoms with Gasteiger partial charge in [0.2, 0.25) is 0 Å². The summed E-state index contributed by atoms with van der Waals surface area (Å²) >= 11 is 6.40. The normalized spacial score (nSPS) is 19.8. The van der Waals surface area contributed by atoms with Crippen LogP contribution in [0.4, 0.5) is 5.69 Å². The van der Waals surface area contributed by atoms with Gasteiger partial charge in [-0.25, -0.2) is 0 Å². The van der Waals surface area contributed by atoms with E-state index in [0.29, 0.717) is 16.5 Å². The molecule has 1 amide bonds. The van der Waals surface area contributed by atoms with Gasteiger partial charge in [0.15, 0.2) is 0 Å². The lowest BCUT2D eigenvalue weighted by Gasteiger charge is -2.45. The summed E-state index contributed by atoms with van der Waals surface area (Å²) < 4.78 is 0. The van der Waals surface area contributed by atoms with Gasteiger partial charge in [-0.2, -0.15) is 5.26 Å². The molecule has 0 aromatic heterocycles. The Morgan fingerprint density at radius 1 is 1.52 bits per heavy atom. The van der Waals surface area contributed by atoms with Crippen molar-refractivity contribution in [1.29, 1.82) is 5.26 Å². The van der Waals surface area contributed by atoms with Gasteiger partial charge >= 0.3 is 0 Å². The number of nitrogens with zero attached hydrogens (tertiary/aromatic N) is 2. The van der Waals surface area contributed by atoms with E-state index in [4.69, 9.17) is 16.9 Å². The van der Waals surface area contributed by atoms with Crippen LogP contribution in [0.5, 0.6) is 0 Å². The number of nitrogens with one attached hydrogen (secondary N) is 1. The Morgan fingerprint density at radius 3 is 2.74 bits per heavy atom. The van der Waals surface area contributed by atoms with Gasteiger partial charge in [0.1, 0.15) is 11.6 Å². The number of fused-ring (bicyclic) bond motifs is 1. The van der Waals surface area contributed by atoms with Crippen molar-refractivity contribution >= 4 is 29.3 Å². The molecule has 4 nitrogen and oxygen atoms in total. The second kappa shape index (κ2) is 6.25. The average molecular weight is 332 g/mol. The van der Waals surface area contributed by atoms with Crippen molar-refractivity contribution < 1.29 is 4.79 Å². The molecule has 0 spiro atoms. The van der Waals surface area contributed by atoms with Gasteiger partial charge in [-0.3, -0.25) is 4.79 Å². The van der Waals surface area contributed by atoms with E-state index in [-0.39, 0.29) is 11.1 Å². The van der Waals surface area contributed by atoms with Crippen molar-refractivity contribution in [3.63, 3.8) is 0 Å². The van der Waals surface area contributed by atoms with Gasteiger partial charge in [-0.05, 0) is 55.5 Å². The monoisotopic (exact) mass is 331 g/mol. The maximum Gasteiger partial charge on any atom is 0.261 e. The number of benzene rings is 1. The van der Waals surface area contributed by atoms with E-state index in [1.807, 2.05) is 18.2 Å². The number of carbonyl (C=O) groups is 1. The zero-order valence-corrected chi connectivity index (χ0v) is 15.0. The van der Waals surface area contributed by atoms with Crippen molar-refractivity contribution in [3.8, 4) is 6.07 Å². The summed E-state index contributed by atoms with van der Waals surface area (Å²) in [6.45, 7) is 6.62. The molecular weight excluding hydrogens is 310 g/mol. The van der Waals surface area contributed by atoms with Crippen molar-refractivity contribution in [2.45, 2.75) is 38.6 Å². The van der Waals surface area contributed by atoms with Gasteiger partial charge in [0.05, 0.1) is 0 Å². The van der Waals surface area contributed by atoms with Crippen molar-refractivity contribution in [1.82, 2.24) is 5.32 Å². The van der Waals surface area contributed by atoms with Crippen LogP contribution in [0.3, 0.4) is 0 Å². The minimum absolute atomic E-state index is 0.0477. The molecule has 0 aliphatic carbocycles. The van der Waals surface area contributed by atoms with Crippen molar-refractivity contribution in [3.05, 3.63) is 33.9 Å². The number of hydrogen-bond donors (Lipinski definition) is 1. The summed E-state index contributed by atoms with van der Waals surface area (Å²) in [4.78, 5) is 13.9. The fraction of sp³-hybridized carbons (Fsp3) is 0.444. The van der Waals surface area contributed by atoms with E-state index in [0.717, 1.165) is 12.1 Å². The molecule has 1 aliphatic heterocycles. The van der Waals surface area contributed by atoms with Crippen LogP contribution in [0.2, 0.25) is 5.02 Å². The number of anilines is 1. The Balaban J connectivity index is 2.56. The molecule has 5 heteroatoms. The molecule has 1 atom stereocenters. The third-order valence-corrected chi connectivity index (χ3v) is 4.97. The van der Waals surface area contributed by atoms with Gasteiger partial charge in [-0.15, -0.1) is 0 Å². The molecule has 0 radical (unpaired) electrons. The number of hydrogen-bond acceptors (Lipinski definition) is 3. The quantitative estimate of drug-likeness (QED) is 0.664. The van der Waals surface area contributed by atoms with Crippen LogP contribution in [0, 0.1) is 11.3 Å². The van der Waals surface area contributed by atoms with Crippen molar-refractivity contribution in [2.24, 2.45) is 0 Å². The first kappa shape index (κ1) is 17.4. The van der Waals surface area contributed by atoms with Crippen molar-refractivity contribution in [2.75, 3.05) is 19.0 Å². The van der Waals surface area contributed by atoms with Crippen LogP contribution in [0.1, 0.15) is 44.2 Å². The van der Waals surface area contributed by atoms with Crippen LogP contribution >= 0.6 is 11.6 Å². The van der Waals surface area contributed by atoms with E-state index in [9.17, 15) is 4.79 Å². The van der Waals surface area contributed by atoms with E-state index in [2.05, 4.69) is 38.0 Å². The SMILES string of the molecule is CNC(=O)/C(C#N)=C\c1cc2c(cc1Cl)N(C)C(C)(C)CC2C. The Hall–Kier alpha value is -1.99.